The Morgan fingerprint density at radius 2 is 1.65 bits per heavy atom. The summed E-state index contributed by atoms with van der Waals surface area (Å²) in [6, 6.07) is 0. The highest BCUT2D eigenvalue weighted by molar-refractivity contribution is 5.66. The maximum atomic E-state index is 11.2. The first-order chi connectivity index (χ1) is 9.40. The van der Waals surface area contributed by atoms with E-state index in [1.54, 1.807) is 0 Å². The van der Waals surface area contributed by atoms with Gasteiger partial charge in [-0.25, -0.2) is 0 Å². The Labute approximate surface area is 116 Å². The highest BCUT2D eigenvalue weighted by Crippen LogP contribution is 2.26. The second-order valence-corrected chi connectivity index (χ2v) is 4.34. The molecule has 0 aromatic rings. The van der Waals surface area contributed by atoms with Crippen molar-refractivity contribution in [1.29, 1.82) is 0 Å². The smallest absolute Gasteiger partial charge is 0.303 e. The molecule has 1 N–H and O–H groups in total. The molecule has 0 aromatic heterocycles. The molecule has 116 valence electrons. The van der Waals surface area contributed by atoms with Gasteiger partial charge in [-0.3, -0.25) is 9.59 Å². The zero-order chi connectivity index (χ0) is 15.3. The van der Waals surface area contributed by atoms with E-state index in [1.807, 2.05) is 0 Å². The van der Waals surface area contributed by atoms with Crippen molar-refractivity contribution >= 4 is 11.9 Å². The molecule has 1 heterocycles. The predicted molar refractivity (Wildman–Crippen MR) is 64.7 cm³/mol. The Hall–Kier alpha value is -1.22. The van der Waals surface area contributed by atoms with Crippen LogP contribution >= 0.6 is 0 Å². The number of aliphatic hydroxyl groups excluding tert-OH is 1. The fourth-order valence-electron chi connectivity index (χ4n) is 2.09. The molecule has 0 aromatic carbocycles. The van der Waals surface area contributed by atoms with E-state index in [0.29, 0.717) is 0 Å². The van der Waals surface area contributed by atoms with E-state index >= 15 is 0 Å². The normalized spacial score (nSPS) is 33.5. The predicted octanol–water partition coefficient (Wildman–Crippen LogP) is -0.772. The van der Waals surface area contributed by atoms with Crippen LogP contribution in [-0.2, 0) is 33.3 Å². The number of carbonyl (C=O) groups excluding carboxylic acids is 2. The molecule has 8 heteroatoms. The highest BCUT2D eigenvalue weighted by atomic mass is 16.7. The first-order valence-corrected chi connectivity index (χ1v) is 6.10. The summed E-state index contributed by atoms with van der Waals surface area (Å²) in [7, 11) is 2.75. The van der Waals surface area contributed by atoms with E-state index in [4.69, 9.17) is 23.7 Å². The van der Waals surface area contributed by atoms with Gasteiger partial charge in [0, 0.05) is 28.1 Å². The number of hydrogen-bond donors (Lipinski definition) is 1. The monoisotopic (exact) mass is 292 g/mol. The quantitative estimate of drug-likeness (QED) is 0.659. The van der Waals surface area contributed by atoms with Crippen molar-refractivity contribution in [1.82, 2.24) is 0 Å². The van der Waals surface area contributed by atoms with E-state index in [-0.39, 0.29) is 6.61 Å². The highest BCUT2D eigenvalue weighted by Gasteiger charge is 2.48. The van der Waals surface area contributed by atoms with Gasteiger partial charge in [-0.2, -0.15) is 0 Å². The van der Waals surface area contributed by atoms with Gasteiger partial charge in [0.15, 0.2) is 12.4 Å². The zero-order valence-corrected chi connectivity index (χ0v) is 11.9. The number of hydrogen-bond acceptors (Lipinski definition) is 8. The third-order valence-corrected chi connectivity index (χ3v) is 2.91. The number of ether oxygens (including phenoxy) is 5. The minimum Gasteiger partial charge on any atom is -0.463 e. The van der Waals surface area contributed by atoms with Gasteiger partial charge in [-0.15, -0.1) is 0 Å². The molecular weight excluding hydrogens is 272 g/mol. The average molecular weight is 292 g/mol. The lowest BCUT2D eigenvalue weighted by Crippen LogP contribution is -2.61. The van der Waals surface area contributed by atoms with E-state index in [9.17, 15) is 14.7 Å². The molecule has 1 aliphatic rings. The number of esters is 2. The summed E-state index contributed by atoms with van der Waals surface area (Å²) in [4.78, 5) is 22.0. The van der Waals surface area contributed by atoms with E-state index in [1.165, 1.54) is 28.1 Å². The molecule has 20 heavy (non-hydrogen) atoms. The third kappa shape index (κ3) is 4.14. The topological polar surface area (TPSA) is 101 Å². The zero-order valence-electron chi connectivity index (χ0n) is 11.9. The molecule has 5 atom stereocenters. The molecule has 1 rings (SSSR count). The van der Waals surface area contributed by atoms with Crippen LogP contribution in [0.15, 0.2) is 0 Å². The lowest BCUT2D eigenvalue weighted by molar-refractivity contribution is -0.298. The van der Waals surface area contributed by atoms with Gasteiger partial charge in [-0.05, 0) is 0 Å². The van der Waals surface area contributed by atoms with E-state index in [2.05, 4.69) is 0 Å². The van der Waals surface area contributed by atoms with Crippen LogP contribution in [0.3, 0.4) is 0 Å². The van der Waals surface area contributed by atoms with Crippen LogP contribution in [0.1, 0.15) is 13.8 Å². The van der Waals surface area contributed by atoms with Gasteiger partial charge < -0.3 is 28.8 Å². The van der Waals surface area contributed by atoms with Gasteiger partial charge in [0.1, 0.15) is 24.9 Å². The lowest BCUT2D eigenvalue weighted by Gasteiger charge is -2.42. The fourth-order valence-corrected chi connectivity index (χ4v) is 2.09. The van der Waals surface area contributed by atoms with Crippen molar-refractivity contribution in [2.24, 2.45) is 0 Å². The van der Waals surface area contributed by atoms with Crippen LogP contribution < -0.4 is 0 Å². The van der Waals surface area contributed by atoms with Gasteiger partial charge >= 0.3 is 11.9 Å². The van der Waals surface area contributed by atoms with Crippen molar-refractivity contribution in [3.05, 3.63) is 0 Å². The molecule has 1 fully saturated rings. The van der Waals surface area contributed by atoms with Crippen LogP contribution in [0.2, 0.25) is 0 Å². The number of carbonyl (C=O) groups is 2. The molecule has 1 saturated heterocycles. The summed E-state index contributed by atoms with van der Waals surface area (Å²) in [6.07, 6.45) is -4.58. The lowest BCUT2D eigenvalue weighted by atomic mass is 9.98. The van der Waals surface area contributed by atoms with Crippen molar-refractivity contribution in [3.8, 4) is 0 Å². The number of methoxy groups -OCH3 is 2. The maximum Gasteiger partial charge on any atom is 0.303 e. The fraction of sp³-hybridized carbons (Fsp3) is 0.833. The molecule has 1 aliphatic heterocycles. The Bertz CT molecular complexity index is 344. The van der Waals surface area contributed by atoms with Gasteiger partial charge in [-0.1, -0.05) is 0 Å². The van der Waals surface area contributed by atoms with Crippen LogP contribution in [0.5, 0.6) is 0 Å². The first kappa shape index (κ1) is 16.8. The summed E-state index contributed by atoms with van der Waals surface area (Å²) in [5.74, 6) is -1.03. The van der Waals surface area contributed by atoms with E-state index in [0.717, 1.165) is 0 Å². The molecule has 0 aliphatic carbocycles. The largest absolute Gasteiger partial charge is 0.463 e. The second kappa shape index (κ2) is 7.53. The molecule has 0 bridgehead atoms. The Balaban J connectivity index is 2.87. The molecule has 8 nitrogen and oxygen atoms in total. The molecule has 0 amide bonds. The summed E-state index contributed by atoms with van der Waals surface area (Å²) >= 11 is 0. The second-order valence-electron chi connectivity index (χ2n) is 4.34. The summed E-state index contributed by atoms with van der Waals surface area (Å²) in [5, 5.41) is 9.87. The van der Waals surface area contributed by atoms with Crippen LogP contribution in [0.25, 0.3) is 0 Å². The van der Waals surface area contributed by atoms with Crippen molar-refractivity contribution < 1.29 is 38.4 Å². The number of aliphatic hydroxyl groups is 1. The van der Waals surface area contributed by atoms with Crippen LogP contribution in [0, 0.1) is 0 Å². The molecule has 0 spiro atoms. The third-order valence-electron chi connectivity index (χ3n) is 2.91. The Morgan fingerprint density at radius 1 is 1.05 bits per heavy atom. The van der Waals surface area contributed by atoms with Gasteiger partial charge in [0.05, 0.1) is 0 Å². The molecule has 0 saturated carbocycles. The van der Waals surface area contributed by atoms with Crippen molar-refractivity contribution in [2.45, 2.75) is 44.6 Å². The summed E-state index contributed by atoms with van der Waals surface area (Å²) < 4.78 is 25.6. The summed E-state index contributed by atoms with van der Waals surface area (Å²) in [5.41, 5.74) is 0. The molecule has 0 radical (unpaired) electrons. The van der Waals surface area contributed by atoms with Crippen molar-refractivity contribution in [2.75, 3.05) is 20.8 Å². The Morgan fingerprint density at radius 3 is 2.10 bits per heavy atom. The van der Waals surface area contributed by atoms with Gasteiger partial charge in [0.25, 0.3) is 0 Å². The van der Waals surface area contributed by atoms with E-state index < -0.39 is 42.6 Å². The van der Waals surface area contributed by atoms with Crippen molar-refractivity contribution in [3.63, 3.8) is 0 Å². The maximum absolute atomic E-state index is 11.2. The minimum atomic E-state index is -1.32. The first-order valence-electron chi connectivity index (χ1n) is 6.10. The number of rotatable bonds is 5. The summed E-state index contributed by atoms with van der Waals surface area (Å²) in [6.45, 7) is 2.37. The standard InChI is InChI=1S/C12H20O8/c1-6(13)18-5-8-9(16-3)10(19-7(2)14)11(17-4)12(15)20-8/h8-12,15H,5H2,1-4H3/t8?,9-,10?,11?,12+/m1/s1. The Kier molecular flexibility index (Phi) is 6.34. The van der Waals surface area contributed by atoms with Gasteiger partial charge in [0.2, 0.25) is 0 Å². The van der Waals surface area contributed by atoms with Crippen LogP contribution in [0.4, 0.5) is 0 Å². The van der Waals surface area contributed by atoms with Crippen LogP contribution in [-0.4, -0.2) is 68.6 Å². The SMILES string of the molecule is COC1C(OC(C)=O)[C@H](OC)C(COC(C)=O)O[C@@H]1O. The molecule has 3 unspecified atom stereocenters. The average Bonchev–Trinajstić information content (AvgIpc) is 2.35. The molecular formula is C12H20O8. The minimum absolute atomic E-state index is 0.126.